The molecule has 2 aromatic rings. The van der Waals surface area contributed by atoms with Crippen LogP contribution in [0.4, 0.5) is 0 Å². The Bertz CT molecular complexity index is 881. The predicted molar refractivity (Wildman–Crippen MR) is 105 cm³/mol. The average molecular weight is 404 g/mol. The number of carbonyl (C=O) groups excluding carboxylic acids is 2. The molecule has 0 aromatic heterocycles. The van der Waals surface area contributed by atoms with Crippen LogP contribution < -0.4 is 10.5 Å². The zero-order chi connectivity index (χ0) is 20.4. The van der Waals surface area contributed by atoms with E-state index < -0.39 is 16.0 Å². The fourth-order valence-electron chi connectivity index (χ4n) is 2.48. The number of aryl methyl sites for hydroxylation is 1. The van der Waals surface area contributed by atoms with Crippen LogP contribution in [0.15, 0.2) is 59.5 Å². The first-order valence-corrected chi connectivity index (χ1v) is 10.5. The van der Waals surface area contributed by atoms with Gasteiger partial charge in [-0.1, -0.05) is 42.5 Å². The Morgan fingerprint density at radius 2 is 1.61 bits per heavy atom. The van der Waals surface area contributed by atoms with E-state index >= 15 is 0 Å². The monoisotopic (exact) mass is 404 g/mol. The first-order chi connectivity index (χ1) is 13.3. The zero-order valence-electron chi connectivity index (χ0n) is 15.5. The number of ether oxygens (including phenoxy) is 1. The van der Waals surface area contributed by atoms with Crippen molar-refractivity contribution in [3.63, 3.8) is 0 Å². The molecule has 0 unspecified atom stereocenters. The predicted octanol–water partition coefficient (Wildman–Crippen LogP) is 1.91. The van der Waals surface area contributed by atoms with Crippen molar-refractivity contribution in [2.24, 2.45) is 5.14 Å². The van der Waals surface area contributed by atoms with Crippen molar-refractivity contribution >= 4 is 21.9 Å². The summed E-state index contributed by atoms with van der Waals surface area (Å²) >= 11 is 0. The van der Waals surface area contributed by atoms with Crippen LogP contribution in [-0.4, -0.2) is 26.9 Å². The largest absolute Gasteiger partial charge is 0.466 e. The molecule has 2 rings (SSSR count). The third-order valence-electron chi connectivity index (χ3n) is 4.01. The van der Waals surface area contributed by atoms with Crippen LogP contribution in [0, 0.1) is 0 Å². The summed E-state index contributed by atoms with van der Waals surface area (Å²) in [6.07, 6.45) is 1.61. The van der Waals surface area contributed by atoms with Gasteiger partial charge in [-0.05, 0) is 36.1 Å². The summed E-state index contributed by atoms with van der Waals surface area (Å²) in [6, 6.07) is 15.8. The summed E-state index contributed by atoms with van der Waals surface area (Å²) in [5, 5.41) is 7.70. The molecule has 0 atom stereocenters. The molecule has 8 heteroatoms. The second-order valence-corrected chi connectivity index (χ2v) is 7.84. The smallest absolute Gasteiger partial charge is 0.306 e. The lowest BCUT2D eigenvalue weighted by Gasteiger charge is -2.07. The number of nitrogens with one attached hydrogen (secondary N) is 1. The van der Waals surface area contributed by atoms with E-state index in [4.69, 9.17) is 9.88 Å². The van der Waals surface area contributed by atoms with E-state index in [1.165, 1.54) is 17.7 Å². The Hall–Kier alpha value is -2.71. The van der Waals surface area contributed by atoms with Gasteiger partial charge in [0.2, 0.25) is 15.9 Å². The third-order valence-corrected chi connectivity index (χ3v) is 4.94. The minimum Gasteiger partial charge on any atom is -0.466 e. The van der Waals surface area contributed by atoms with Gasteiger partial charge in [-0.2, -0.15) is 0 Å². The summed E-state index contributed by atoms with van der Waals surface area (Å²) < 4.78 is 27.5. The van der Waals surface area contributed by atoms with Crippen molar-refractivity contribution in [1.82, 2.24) is 5.32 Å². The number of sulfonamides is 1. The highest BCUT2D eigenvalue weighted by atomic mass is 32.2. The molecule has 2 aromatic carbocycles. The average Bonchev–Trinajstić information content (AvgIpc) is 2.68. The van der Waals surface area contributed by atoms with Crippen molar-refractivity contribution < 1.29 is 22.7 Å². The maximum atomic E-state index is 11.8. The lowest BCUT2D eigenvalue weighted by atomic mass is 10.1. The number of esters is 1. The lowest BCUT2D eigenvalue weighted by molar-refractivity contribution is -0.145. The van der Waals surface area contributed by atoms with Gasteiger partial charge in [-0.25, -0.2) is 13.6 Å². The molecule has 0 saturated carbocycles. The van der Waals surface area contributed by atoms with E-state index in [0.29, 0.717) is 6.61 Å². The van der Waals surface area contributed by atoms with Crippen LogP contribution in [0.25, 0.3) is 0 Å². The standard InChI is InChI=1S/C20H24N2O5S/c21-28(25,26)18-10-8-17(9-11-18)15-22-19(23)12-13-20(24)27-14-4-7-16-5-2-1-3-6-16/h1-3,5-6,8-11H,4,7,12-15H2,(H,22,23)(H2,21,25,26). The molecule has 3 N–H and O–H groups in total. The molecule has 150 valence electrons. The molecule has 0 bridgehead atoms. The van der Waals surface area contributed by atoms with E-state index in [2.05, 4.69) is 5.32 Å². The highest BCUT2D eigenvalue weighted by Crippen LogP contribution is 2.08. The second-order valence-electron chi connectivity index (χ2n) is 6.28. The number of hydrogen-bond acceptors (Lipinski definition) is 5. The fourth-order valence-corrected chi connectivity index (χ4v) is 3.00. The van der Waals surface area contributed by atoms with E-state index in [9.17, 15) is 18.0 Å². The van der Waals surface area contributed by atoms with Gasteiger partial charge in [0.1, 0.15) is 0 Å². The quantitative estimate of drug-likeness (QED) is 0.464. The summed E-state index contributed by atoms with van der Waals surface area (Å²) in [6.45, 7) is 0.557. The molecule has 0 spiro atoms. The maximum Gasteiger partial charge on any atom is 0.306 e. The van der Waals surface area contributed by atoms with Gasteiger partial charge in [0.25, 0.3) is 0 Å². The number of amides is 1. The van der Waals surface area contributed by atoms with Crippen LogP contribution in [0.3, 0.4) is 0 Å². The number of hydrogen-bond donors (Lipinski definition) is 2. The van der Waals surface area contributed by atoms with Gasteiger partial charge in [-0.15, -0.1) is 0 Å². The van der Waals surface area contributed by atoms with Crippen molar-refractivity contribution in [3.8, 4) is 0 Å². The summed E-state index contributed by atoms with van der Waals surface area (Å²) in [5.74, 6) is -0.683. The summed E-state index contributed by atoms with van der Waals surface area (Å²) in [7, 11) is -3.73. The molecular weight excluding hydrogens is 380 g/mol. The van der Waals surface area contributed by atoms with Gasteiger partial charge < -0.3 is 10.1 Å². The molecule has 0 fully saturated rings. The number of nitrogens with two attached hydrogens (primary N) is 1. The summed E-state index contributed by atoms with van der Waals surface area (Å²) in [4.78, 5) is 23.5. The first kappa shape index (κ1) is 21.6. The normalized spacial score (nSPS) is 11.0. The Balaban J connectivity index is 1.60. The number of benzene rings is 2. The zero-order valence-corrected chi connectivity index (χ0v) is 16.3. The van der Waals surface area contributed by atoms with Crippen molar-refractivity contribution in [3.05, 3.63) is 65.7 Å². The SMILES string of the molecule is NS(=O)(=O)c1ccc(CNC(=O)CCC(=O)OCCCc2ccccc2)cc1. The van der Waals surface area contributed by atoms with E-state index in [-0.39, 0.29) is 30.2 Å². The minimum absolute atomic E-state index is 0.0117. The van der Waals surface area contributed by atoms with Crippen molar-refractivity contribution in [2.45, 2.75) is 37.1 Å². The van der Waals surface area contributed by atoms with Crippen molar-refractivity contribution in [1.29, 1.82) is 0 Å². The van der Waals surface area contributed by atoms with Crippen molar-refractivity contribution in [2.75, 3.05) is 6.61 Å². The molecule has 28 heavy (non-hydrogen) atoms. The Labute approximate surface area is 164 Å². The molecule has 1 amide bonds. The highest BCUT2D eigenvalue weighted by Gasteiger charge is 2.09. The maximum absolute atomic E-state index is 11.8. The highest BCUT2D eigenvalue weighted by molar-refractivity contribution is 7.89. The van der Waals surface area contributed by atoms with Gasteiger partial charge in [0, 0.05) is 13.0 Å². The summed E-state index contributed by atoms with van der Waals surface area (Å²) in [5.41, 5.74) is 1.92. The molecule has 0 heterocycles. The number of rotatable bonds is 10. The number of primary sulfonamides is 1. The van der Waals surface area contributed by atoms with Gasteiger partial charge in [0.15, 0.2) is 0 Å². The lowest BCUT2D eigenvalue weighted by Crippen LogP contribution is -2.23. The van der Waals surface area contributed by atoms with E-state index in [1.807, 2.05) is 30.3 Å². The molecule has 0 saturated heterocycles. The van der Waals surface area contributed by atoms with E-state index in [1.54, 1.807) is 12.1 Å². The molecule has 0 aliphatic rings. The Morgan fingerprint density at radius 1 is 0.929 bits per heavy atom. The molecule has 0 aliphatic carbocycles. The minimum atomic E-state index is -3.73. The first-order valence-electron chi connectivity index (χ1n) is 8.92. The third kappa shape index (κ3) is 7.89. The Kier molecular flexibility index (Phi) is 8.16. The fraction of sp³-hybridized carbons (Fsp3) is 0.300. The van der Waals surface area contributed by atoms with Crippen LogP contribution in [-0.2, 0) is 37.3 Å². The molecular formula is C20H24N2O5S. The Morgan fingerprint density at radius 3 is 2.25 bits per heavy atom. The van der Waals surface area contributed by atoms with Crippen LogP contribution in [0.1, 0.15) is 30.4 Å². The van der Waals surface area contributed by atoms with Gasteiger partial charge >= 0.3 is 5.97 Å². The van der Waals surface area contributed by atoms with E-state index in [0.717, 1.165) is 18.4 Å². The molecule has 7 nitrogen and oxygen atoms in total. The molecule has 0 aliphatic heterocycles. The second kappa shape index (κ2) is 10.6. The molecule has 0 radical (unpaired) electrons. The number of carbonyl (C=O) groups is 2. The van der Waals surface area contributed by atoms with Gasteiger partial charge in [0.05, 0.1) is 17.9 Å². The topological polar surface area (TPSA) is 116 Å². The van der Waals surface area contributed by atoms with Crippen LogP contribution in [0.2, 0.25) is 0 Å². The van der Waals surface area contributed by atoms with Crippen LogP contribution in [0.5, 0.6) is 0 Å². The van der Waals surface area contributed by atoms with Gasteiger partial charge in [-0.3, -0.25) is 9.59 Å². The van der Waals surface area contributed by atoms with Crippen LogP contribution >= 0.6 is 0 Å².